The number of hydrogen-bond donors (Lipinski definition) is 1. The molecule has 5 rings (SSSR count). The van der Waals surface area contributed by atoms with Gasteiger partial charge in [-0.1, -0.05) is 0 Å². The van der Waals surface area contributed by atoms with Crippen LogP contribution in [-0.2, 0) is 19.0 Å². The third kappa shape index (κ3) is 11.4. The van der Waals surface area contributed by atoms with Crippen molar-refractivity contribution >= 4 is 24.2 Å². The Balaban J connectivity index is 1.52. The summed E-state index contributed by atoms with van der Waals surface area (Å²) in [5.74, 6) is 2.14. The fourth-order valence-electron chi connectivity index (χ4n) is 7.94. The SMILES string of the molecule is CC(C)(C)OC(=O)N1CCN(CC(=O)NC23CC4CC(CC(C4)C2)C3)CCN(C(=O)OC(C)(C)C)CCN(C(=O)OC(C)(C)C)CC1. The van der Waals surface area contributed by atoms with Crippen molar-refractivity contribution in [1.29, 1.82) is 0 Å². The highest BCUT2D eigenvalue weighted by Crippen LogP contribution is 2.55. The van der Waals surface area contributed by atoms with Crippen LogP contribution in [0.2, 0.25) is 0 Å². The molecule has 0 aromatic rings. The van der Waals surface area contributed by atoms with Gasteiger partial charge in [0.15, 0.2) is 0 Å². The first-order chi connectivity index (χ1) is 21.7. The van der Waals surface area contributed by atoms with E-state index in [9.17, 15) is 19.2 Å². The maximum Gasteiger partial charge on any atom is 0.410 e. The van der Waals surface area contributed by atoms with E-state index in [-0.39, 0.29) is 57.3 Å². The highest BCUT2D eigenvalue weighted by molar-refractivity contribution is 5.79. The van der Waals surface area contributed by atoms with Gasteiger partial charge in [0, 0.05) is 57.9 Å². The number of carbonyl (C=O) groups excluding carboxylic acids is 4. The molecule has 4 aliphatic carbocycles. The number of hydrogen-bond acceptors (Lipinski definition) is 8. The average Bonchev–Trinajstić information content (AvgIpc) is 2.86. The van der Waals surface area contributed by atoms with Crippen molar-refractivity contribution in [3.63, 3.8) is 0 Å². The Morgan fingerprint density at radius 1 is 0.553 bits per heavy atom. The Kier molecular flexibility index (Phi) is 11.3. The molecule has 1 saturated heterocycles. The van der Waals surface area contributed by atoms with Gasteiger partial charge in [0.05, 0.1) is 6.54 Å². The van der Waals surface area contributed by atoms with E-state index >= 15 is 0 Å². The molecule has 12 heteroatoms. The fraction of sp³-hybridized carbons (Fsp3) is 0.886. The van der Waals surface area contributed by atoms with Crippen molar-refractivity contribution in [2.24, 2.45) is 17.8 Å². The van der Waals surface area contributed by atoms with Crippen molar-refractivity contribution in [3.8, 4) is 0 Å². The van der Waals surface area contributed by atoms with Gasteiger partial charge in [-0.3, -0.25) is 9.69 Å². The normalized spacial score (nSPS) is 27.9. The highest BCUT2D eigenvalue weighted by atomic mass is 16.6. The third-order valence-electron chi connectivity index (χ3n) is 9.42. The van der Waals surface area contributed by atoms with Gasteiger partial charge in [0.2, 0.25) is 5.91 Å². The molecule has 0 aromatic heterocycles. The van der Waals surface area contributed by atoms with Crippen LogP contribution in [-0.4, -0.2) is 125 Å². The first kappa shape index (κ1) is 37.1. The molecule has 4 saturated carbocycles. The molecule has 12 nitrogen and oxygen atoms in total. The lowest BCUT2D eigenvalue weighted by atomic mass is 9.53. The molecule has 5 fully saturated rings. The standard InChI is InChI=1S/C35H61N5O7/c1-32(2,3)45-29(42)38-12-10-37(24-28(41)36-35-21-25-18-26(22-35)20-27(19-25)23-35)11-13-39(30(43)46-33(4,5)6)15-17-40(16-14-38)31(44)47-34(7,8)9/h25-27H,10-24H2,1-9H3,(H,36,41). The second-order valence-electron chi connectivity index (χ2n) is 17.4. The Labute approximate surface area is 282 Å². The molecule has 0 aromatic carbocycles. The van der Waals surface area contributed by atoms with Crippen LogP contribution < -0.4 is 5.32 Å². The minimum atomic E-state index is -0.715. The largest absolute Gasteiger partial charge is 0.444 e. The summed E-state index contributed by atoms with van der Waals surface area (Å²) < 4.78 is 17.1. The molecule has 4 bridgehead atoms. The number of nitrogens with zero attached hydrogens (tertiary/aromatic N) is 4. The summed E-state index contributed by atoms with van der Waals surface area (Å²) in [6, 6.07) is 0. The van der Waals surface area contributed by atoms with Crippen LogP contribution in [0.3, 0.4) is 0 Å². The molecule has 0 unspecified atom stereocenters. The summed E-state index contributed by atoms with van der Waals surface area (Å²) in [5.41, 5.74) is -2.21. The first-order valence-corrected chi connectivity index (χ1v) is 17.6. The predicted molar refractivity (Wildman–Crippen MR) is 179 cm³/mol. The summed E-state index contributed by atoms with van der Waals surface area (Å²) in [6.45, 7) is 18.6. The minimum absolute atomic E-state index is 0.0113. The zero-order chi connectivity index (χ0) is 34.8. The summed E-state index contributed by atoms with van der Waals surface area (Å²) in [5, 5.41) is 3.48. The topological polar surface area (TPSA) is 121 Å². The minimum Gasteiger partial charge on any atom is -0.444 e. The first-order valence-electron chi connectivity index (χ1n) is 17.6. The van der Waals surface area contributed by atoms with Crippen molar-refractivity contribution in [2.45, 2.75) is 123 Å². The van der Waals surface area contributed by atoms with E-state index in [1.54, 1.807) is 30.6 Å². The summed E-state index contributed by atoms with van der Waals surface area (Å²) in [7, 11) is 0. The molecule has 0 radical (unpaired) electrons. The molecule has 5 aliphatic rings. The summed E-state index contributed by atoms with van der Waals surface area (Å²) in [4.78, 5) is 60.4. The van der Waals surface area contributed by atoms with E-state index in [0.717, 1.165) is 19.3 Å². The van der Waals surface area contributed by atoms with Crippen molar-refractivity contribution in [3.05, 3.63) is 0 Å². The van der Waals surface area contributed by atoms with E-state index in [1.807, 2.05) is 46.4 Å². The summed E-state index contributed by atoms with van der Waals surface area (Å²) in [6.07, 6.45) is 5.62. The average molecular weight is 664 g/mol. The lowest BCUT2D eigenvalue weighted by Crippen LogP contribution is -2.61. The number of carbonyl (C=O) groups is 4. The maximum atomic E-state index is 13.7. The molecule has 0 spiro atoms. The van der Waals surface area contributed by atoms with Crippen molar-refractivity contribution in [1.82, 2.24) is 24.9 Å². The van der Waals surface area contributed by atoms with E-state index in [2.05, 4.69) is 5.32 Å². The van der Waals surface area contributed by atoms with E-state index in [0.29, 0.717) is 30.8 Å². The molecular weight excluding hydrogens is 602 g/mol. The van der Waals surface area contributed by atoms with Crippen LogP contribution in [0.1, 0.15) is 101 Å². The molecule has 0 atom stereocenters. The van der Waals surface area contributed by atoms with Gasteiger partial charge < -0.3 is 34.2 Å². The van der Waals surface area contributed by atoms with Crippen LogP contribution in [0, 0.1) is 17.8 Å². The van der Waals surface area contributed by atoms with Gasteiger partial charge in [-0.2, -0.15) is 0 Å². The van der Waals surface area contributed by atoms with Gasteiger partial charge in [0.1, 0.15) is 16.8 Å². The van der Waals surface area contributed by atoms with Gasteiger partial charge in [0.25, 0.3) is 0 Å². The monoisotopic (exact) mass is 663 g/mol. The molecule has 47 heavy (non-hydrogen) atoms. The van der Waals surface area contributed by atoms with E-state index in [4.69, 9.17) is 14.2 Å². The van der Waals surface area contributed by atoms with Crippen LogP contribution in [0.5, 0.6) is 0 Å². The number of rotatable bonds is 3. The molecule has 1 heterocycles. The van der Waals surface area contributed by atoms with E-state index in [1.165, 1.54) is 24.2 Å². The quantitative estimate of drug-likeness (QED) is 0.415. The highest BCUT2D eigenvalue weighted by Gasteiger charge is 2.51. The molecule has 1 aliphatic heterocycles. The van der Waals surface area contributed by atoms with Gasteiger partial charge in [-0.15, -0.1) is 0 Å². The van der Waals surface area contributed by atoms with Crippen molar-refractivity contribution in [2.75, 3.05) is 58.9 Å². The smallest absolute Gasteiger partial charge is 0.410 e. The van der Waals surface area contributed by atoms with Crippen LogP contribution in [0.4, 0.5) is 14.4 Å². The van der Waals surface area contributed by atoms with Crippen LogP contribution in [0.25, 0.3) is 0 Å². The second-order valence-corrected chi connectivity index (χ2v) is 17.4. The number of nitrogens with one attached hydrogen (secondary N) is 1. The van der Waals surface area contributed by atoms with Crippen molar-refractivity contribution < 1.29 is 33.4 Å². The number of ether oxygens (including phenoxy) is 3. The van der Waals surface area contributed by atoms with Gasteiger partial charge in [-0.25, -0.2) is 14.4 Å². The lowest BCUT2D eigenvalue weighted by molar-refractivity contribution is -0.128. The maximum absolute atomic E-state index is 13.7. The fourth-order valence-corrected chi connectivity index (χ4v) is 7.94. The molecule has 268 valence electrons. The Morgan fingerprint density at radius 2 is 0.851 bits per heavy atom. The van der Waals surface area contributed by atoms with Gasteiger partial charge >= 0.3 is 18.3 Å². The third-order valence-corrected chi connectivity index (χ3v) is 9.42. The second kappa shape index (κ2) is 14.4. The van der Waals surface area contributed by atoms with Crippen LogP contribution >= 0.6 is 0 Å². The van der Waals surface area contributed by atoms with Gasteiger partial charge in [-0.05, 0) is 119 Å². The Hall–Kier alpha value is -2.76. The molecule has 4 amide bonds. The predicted octanol–water partition coefficient (Wildman–Crippen LogP) is 5.10. The zero-order valence-electron chi connectivity index (χ0n) is 30.5. The zero-order valence-corrected chi connectivity index (χ0v) is 30.5. The number of amides is 4. The molecule has 1 N–H and O–H groups in total. The molecular formula is C35H61N5O7. The lowest BCUT2D eigenvalue weighted by Gasteiger charge is -2.57. The van der Waals surface area contributed by atoms with E-state index < -0.39 is 35.1 Å². The Morgan fingerprint density at radius 3 is 1.15 bits per heavy atom. The summed E-state index contributed by atoms with van der Waals surface area (Å²) >= 11 is 0. The van der Waals surface area contributed by atoms with Crippen LogP contribution in [0.15, 0.2) is 0 Å². The Bertz CT molecular complexity index is 1060.